The van der Waals surface area contributed by atoms with Crippen LogP contribution in [0.15, 0.2) is 30.6 Å². The predicted octanol–water partition coefficient (Wildman–Crippen LogP) is 3.23. The third kappa shape index (κ3) is 2.95. The highest BCUT2D eigenvalue weighted by Crippen LogP contribution is 2.30. The zero-order valence-electron chi connectivity index (χ0n) is 13.8. The van der Waals surface area contributed by atoms with Gasteiger partial charge in [0.15, 0.2) is 0 Å². The molecule has 0 spiro atoms. The smallest absolute Gasteiger partial charge is 0.316 e. The van der Waals surface area contributed by atoms with Crippen LogP contribution in [0.3, 0.4) is 0 Å². The SMILES string of the molecule is Cc1ccc(-c2cnc(O[C@H]3CN4CCC3CC4)nc2)cc1C. The first-order valence-corrected chi connectivity index (χ1v) is 8.48. The highest BCUT2D eigenvalue weighted by molar-refractivity contribution is 5.63. The van der Waals surface area contributed by atoms with Gasteiger partial charge in [0.25, 0.3) is 0 Å². The topological polar surface area (TPSA) is 38.2 Å². The molecule has 4 heterocycles. The molecule has 2 bridgehead atoms. The van der Waals surface area contributed by atoms with Crippen molar-refractivity contribution in [1.82, 2.24) is 14.9 Å². The molecule has 120 valence electrons. The Balaban J connectivity index is 1.48. The summed E-state index contributed by atoms with van der Waals surface area (Å²) < 4.78 is 6.06. The molecule has 2 aromatic rings. The first-order valence-electron chi connectivity index (χ1n) is 8.48. The fraction of sp³-hybridized carbons (Fsp3) is 0.474. The lowest BCUT2D eigenvalue weighted by Crippen LogP contribution is -2.52. The highest BCUT2D eigenvalue weighted by atomic mass is 16.5. The summed E-state index contributed by atoms with van der Waals surface area (Å²) >= 11 is 0. The van der Waals surface area contributed by atoms with E-state index in [1.807, 2.05) is 12.4 Å². The Hall–Kier alpha value is -1.94. The summed E-state index contributed by atoms with van der Waals surface area (Å²) in [5.41, 5.74) is 4.78. The number of nitrogens with zero attached hydrogens (tertiary/aromatic N) is 3. The van der Waals surface area contributed by atoms with Crippen LogP contribution in [0, 0.1) is 19.8 Å². The fourth-order valence-corrected chi connectivity index (χ4v) is 3.63. The molecule has 0 saturated carbocycles. The van der Waals surface area contributed by atoms with Crippen LogP contribution in [0.1, 0.15) is 24.0 Å². The summed E-state index contributed by atoms with van der Waals surface area (Å²) in [4.78, 5) is 11.3. The van der Waals surface area contributed by atoms with E-state index in [-0.39, 0.29) is 6.10 Å². The van der Waals surface area contributed by atoms with E-state index in [0.29, 0.717) is 11.9 Å². The number of hydrogen-bond donors (Lipinski definition) is 0. The van der Waals surface area contributed by atoms with Gasteiger partial charge in [0, 0.05) is 24.5 Å². The number of benzene rings is 1. The van der Waals surface area contributed by atoms with Gasteiger partial charge >= 0.3 is 6.01 Å². The first-order chi connectivity index (χ1) is 11.2. The van der Waals surface area contributed by atoms with Crippen molar-refractivity contribution in [3.63, 3.8) is 0 Å². The van der Waals surface area contributed by atoms with E-state index in [1.165, 1.54) is 37.1 Å². The van der Waals surface area contributed by atoms with Crippen molar-refractivity contribution in [2.75, 3.05) is 19.6 Å². The summed E-state index contributed by atoms with van der Waals surface area (Å²) in [6.45, 7) is 7.71. The van der Waals surface area contributed by atoms with Crippen LogP contribution in [0.2, 0.25) is 0 Å². The van der Waals surface area contributed by atoms with E-state index in [4.69, 9.17) is 4.74 Å². The summed E-state index contributed by atoms with van der Waals surface area (Å²) in [7, 11) is 0. The lowest BCUT2D eigenvalue weighted by Gasteiger charge is -2.43. The van der Waals surface area contributed by atoms with Gasteiger partial charge < -0.3 is 4.74 Å². The number of fused-ring (bicyclic) bond motifs is 3. The third-order valence-corrected chi connectivity index (χ3v) is 5.32. The zero-order chi connectivity index (χ0) is 15.8. The van der Waals surface area contributed by atoms with Crippen molar-refractivity contribution in [1.29, 1.82) is 0 Å². The molecule has 4 heteroatoms. The van der Waals surface area contributed by atoms with Gasteiger partial charge in [0.1, 0.15) is 6.10 Å². The Bertz CT molecular complexity index is 690. The molecule has 0 radical (unpaired) electrons. The standard InChI is InChI=1S/C19H23N3O/c1-13-3-4-16(9-14(13)2)17-10-20-19(21-11-17)23-18-12-22-7-5-15(18)6-8-22/h3-4,9-11,15,18H,5-8,12H2,1-2H3/t18-/m0/s1. The molecule has 0 unspecified atom stereocenters. The number of hydrogen-bond acceptors (Lipinski definition) is 4. The van der Waals surface area contributed by atoms with Crippen LogP contribution in [0.5, 0.6) is 6.01 Å². The van der Waals surface area contributed by atoms with Crippen molar-refractivity contribution >= 4 is 0 Å². The van der Waals surface area contributed by atoms with Crippen molar-refractivity contribution in [2.45, 2.75) is 32.8 Å². The Morgan fingerprint density at radius 3 is 2.35 bits per heavy atom. The van der Waals surface area contributed by atoms with E-state index in [9.17, 15) is 0 Å². The number of ether oxygens (including phenoxy) is 1. The van der Waals surface area contributed by atoms with Crippen LogP contribution in [-0.2, 0) is 0 Å². The monoisotopic (exact) mass is 309 g/mol. The quantitative estimate of drug-likeness (QED) is 0.872. The van der Waals surface area contributed by atoms with Crippen LogP contribution < -0.4 is 4.74 Å². The molecule has 23 heavy (non-hydrogen) atoms. The van der Waals surface area contributed by atoms with Gasteiger partial charge in [0.2, 0.25) is 0 Å². The molecule has 0 amide bonds. The van der Waals surface area contributed by atoms with E-state index in [2.05, 4.69) is 46.9 Å². The van der Waals surface area contributed by atoms with Gasteiger partial charge in [-0.25, -0.2) is 9.97 Å². The lowest BCUT2D eigenvalue weighted by atomic mass is 9.86. The Labute approximate surface area is 137 Å². The summed E-state index contributed by atoms with van der Waals surface area (Å²) in [6, 6.07) is 6.95. The average Bonchev–Trinajstić information content (AvgIpc) is 2.59. The van der Waals surface area contributed by atoms with E-state index in [0.717, 1.165) is 17.7 Å². The molecule has 0 aliphatic carbocycles. The Morgan fingerprint density at radius 1 is 1.00 bits per heavy atom. The molecule has 1 aromatic carbocycles. The van der Waals surface area contributed by atoms with Crippen LogP contribution in [-0.4, -0.2) is 40.6 Å². The maximum atomic E-state index is 6.06. The minimum absolute atomic E-state index is 0.255. The molecule has 5 rings (SSSR count). The lowest BCUT2D eigenvalue weighted by molar-refractivity contribution is -0.0123. The van der Waals surface area contributed by atoms with Crippen molar-refractivity contribution in [2.24, 2.45) is 5.92 Å². The number of rotatable bonds is 3. The minimum atomic E-state index is 0.255. The van der Waals surface area contributed by atoms with Gasteiger partial charge in [-0.15, -0.1) is 0 Å². The van der Waals surface area contributed by atoms with E-state index in [1.54, 1.807) is 0 Å². The molecule has 1 atom stereocenters. The highest BCUT2D eigenvalue weighted by Gasteiger charge is 2.35. The molecule has 3 fully saturated rings. The maximum absolute atomic E-state index is 6.06. The second-order valence-corrected chi connectivity index (χ2v) is 6.85. The molecular formula is C19H23N3O. The molecular weight excluding hydrogens is 286 g/mol. The first kappa shape index (κ1) is 14.6. The van der Waals surface area contributed by atoms with E-state index >= 15 is 0 Å². The van der Waals surface area contributed by atoms with Crippen molar-refractivity contribution in [3.05, 3.63) is 41.7 Å². The second-order valence-electron chi connectivity index (χ2n) is 6.85. The molecule has 3 aliphatic rings. The molecule has 1 aromatic heterocycles. The second kappa shape index (κ2) is 5.93. The molecule has 3 aliphatic heterocycles. The molecule has 3 saturated heterocycles. The maximum Gasteiger partial charge on any atom is 0.316 e. The summed E-state index contributed by atoms with van der Waals surface area (Å²) in [5.74, 6) is 0.669. The number of aryl methyl sites for hydroxylation is 2. The molecule has 4 nitrogen and oxygen atoms in total. The van der Waals surface area contributed by atoms with Crippen LogP contribution in [0.4, 0.5) is 0 Å². The van der Waals surface area contributed by atoms with Gasteiger partial charge in [-0.2, -0.15) is 0 Å². The average molecular weight is 309 g/mol. The number of aromatic nitrogens is 2. The number of piperidine rings is 3. The zero-order valence-corrected chi connectivity index (χ0v) is 13.8. The summed E-state index contributed by atoms with van der Waals surface area (Å²) in [6.07, 6.45) is 6.48. The third-order valence-electron chi connectivity index (χ3n) is 5.32. The van der Waals surface area contributed by atoms with Crippen molar-refractivity contribution < 1.29 is 4.74 Å². The van der Waals surface area contributed by atoms with Gasteiger partial charge in [-0.1, -0.05) is 18.2 Å². The van der Waals surface area contributed by atoms with Crippen LogP contribution in [0.25, 0.3) is 11.1 Å². The van der Waals surface area contributed by atoms with Gasteiger partial charge in [0.05, 0.1) is 0 Å². The normalized spacial score (nSPS) is 26.3. The summed E-state index contributed by atoms with van der Waals surface area (Å²) in [5, 5.41) is 0. The predicted molar refractivity (Wildman–Crippen MR) is 90.5 cm³/mol. The fourth-order valence-electron chi connectivity index (χ4n) is 3.63. The Kier molecular flexibility index (Phi) is 3.77. The Morgan fingerprint density at radius 2 is 1.74 bits per heavy atom. The van der Waals surface area contributed by atoms with Crippen LogP contribution >= 0.6 is 0 Å². The molecule has 0 N–H and O–H groups in total. The van der Waals surface area contributed by atoms with Crippen molar-refractivity contribution in [3.8, 4) is 17.1 Å². The van der Waals surface area contributed by atoms with E-state index < -0.39 is 0 Å². The minimum Gasteiger partial charge on any atom is -0.458 e. The van der Waals surface area contributed by atoms with Gasteiger partial charge in [-0.3, -0.25) is 4.90 Å². The van der Waals surface area contributed by atoms with Gasteiger partial charge in [-0.05, 0) is 62.4 Å². The largest absolute Gasteiger partial charge is 0.458 e.